The molecule has 1 aromatic carbocycles. The summed E-state index contributed by atoms with van der Waals surface area (Å²) in [5.74, 6) is 0.865. The molecule has 0 unspecified atom stereocenters. The highest BCUT2D eigenvalue weighted by Gasteiger charge is 2.48. The second-order valence-electron chi connectivity index (χ2n) is 8.45. The summed E-state index contributed by atoms with van der Waals surface area (Å²) >= 11 is 0. The van der Waals surface area contributed by atoms with Crippen molar-refractivity contribution in [1.82, 2.24) is 19.9 Å². The Balaban J connectivity index is 1.54. The van der Waals surface area contributed by atoms with E-state index in [1.807, 2.05) is 13.0 Å². The fourth-order valence-corrected chi connectivity index (χ4v) is 3.40. The van der Waals surface area contributed by atoms with Crippen LogP contribution in [0.5, 0.6) is 0 Å². The zero-order valence-corrected chi connectivity index (χ0v) is 19.0. The molecule has 0 aliphatic heterocycles. The molecule has 1 N–H and O–H groups in total. The highest BCUT2D eigenvalue weighted by Crippen LogP contribution is 2.40. The second-order valence-corrected chi connectivity index (χ2v) is 8.45. The molecule has 11 heteroatoms. The summed E-state index contributed by atoms with van der Waals surface area (Å²) in [4.78, 5) is 4.35. The minimum Gasteiger partial charge on any atom is -0.711 e. The lowest BCUT2D eigenvalue weighted by Gasteiger charge is -2.28. The summed E-state index contributed by atoms with van der Waals surface area (Å²) in [7, 11) is 1.67. The Morgan fingerprint density at radius 3 is 2.44 bits per heavy atom. The minimum absolute atomic E-state index is 0.143. The lowest BCUT2D eigenvalue weighted by atomic mass is 9.83. The van der Waals surface area contributed by atoms with Crippen LogP contribution in [0, 0.1) is 12.1 Å². The van der Waals surface area contributed by atoms with Gasteiger partial charge in [0.1, 0.15) is 0 Å². The fraction of sp³-hybridized carbons (Fsp3) is 0.304. The van der Waals surface area contributed by atoms with Crippen molar-refractivity contribution in [2.24, 2.45) is 0 Å². The molecule has 4 rings (SSSR count). The number of anilines is 1. The molecule has 8 nitrogen and oxygen atoms in total. The molecule has 0 atom stereocenters. The van der Waals surface area contributed by atoms with Gasteiger partial charge in [-0.25, -0.2) is 4.73 Å². The smallest absolute Gasteiger partial charge is 0.397 e. The molecular formula is C23H23F3N6O2. The number of aromatic nitrogens is 5. The van der Waals surface area contributed by atoms with Gasteiger partial charge < -0.3 is 9.73 Å². The van der Waals surface area contributed by atoms with Crippen molar-refractivity contribution in [3.8, 4) is 23.0 Å². The van der Waals surface area contributed by atoms with E-state index < -0.39 is 11.6 Å². The first kappa shape index (κ1) is 23.3. The average Bonchev–Trinajstić information content (AvgIpc) is 3.41. The first-order chi connectivity index (χ1) is 16.0. The maximum Gasteiger partial charge on any atom is 0.397 e. The number of alkyl halides is 3. The molecule has 0 amide bonds. The number of nitrogens with zero attached hydrogens (tertiary/aromatic N) is 5. The summed E-state index contributed by atoms with van der Waals surface area (Å²) in [6.45, 7) is 4.51. The Morgan fingerprint density at radius 2 is 1.82 bits per heavy atom. The second kappa shape index (κ2) is 8.47. The van der Waals surface area contributed by atoms with Crippen molar-refractivity contribution >= 4 is 5.82 Å². The van der Waals surface area contributed by atoms with Crippen LogP contribution in [0.2, 0.25) is 0 Å². The predicted molar refractivity (Wildman–Crippen MR) is 119 cm³/mol. The molecular weight excluding hydrogens is 449 g/mol. The predicted octanol–water partition coefficient (Wildman–Crippen LogP) is 4.47. The first-order valence-electron chi connectivity index (χ1n) is 10.5. The van der Waals surface area contributed by atoms with Crippen molar-refractivity contribution in [3.05, 3.63) is 70.7 Å². The summed E-state index contributed by atoms with van der Waals surface area (Å²) in [5, 5.41) is 23.2. The summed E-state index contributed by atoms with van der Waals surface area (Å²) < 4.78 is 47.7. The number of benzene rings is 1. The van der Waals surface area contributed by atoms with Crippen LogP contribution in [-0.2, 0) is 12.0 Å². The van der Waals surface area contributed by atoms with Crippen molar-refractivity contribution in [1.29, 1.82) is 0 Å². The molecule has 34 heavy (non-hydrogen) atoms. The topological polar surface area (TPSA) is 95.7 Å². The van der Waals surface area contributed by atoms with Gasteiger partial charge in [0.05, 0.1) is 25.2 Å². The highest BCUT2D eigenvalue weighted by molar-refractivity contribution is 5.58. The third kappa shape index (κ3) is 4.33. The number of rotatable bonds is 6. The Kier molecular flexibility index (Phi) is 5.80. The van der Waals surface area contributed by atoms with Crippen molar-refractivity contribution in [3.63, 3.8) is 0 Å². The molecule has 3 heterocycles. The minimum atomic E-state index is -4.37. The molecule has 0 fully saturated rings. The van der Waals surface area contributed by atoms with E-state index in [1.165, 1.54) is 30.5 Å². The van der Waals surface area contributed by atoms with Gasteiger partial charge in [0, 0.05) is 22.9 Å². The van der Waals surface area contributed by atoms with E-state index in [-0.39, 0.29) is 17.3 Å². The third-order valence-electron chi connectivity index (χ3n) is 5.76. The fourth-order valence-electron chi connectivity index (χ4n) is 3.40. The quantitative estimate of drug-likeness (QED) is 0.329. The molecule has 0 saturated carbocycles. The zero-order chi connectivity index (χ0) is 24.7. The molecule has 0 bridgehead atoms. The summed E-state index contributed by atoms with van der Waals surface area (Å²) in [5.41, 5.74) is 0.731. The zero-order valence-electron chi connectivity index (χ0n) is 19.0. The third-order valence-corrected chi connectivity index (χ3v) is 5.76. The highest BCUT2D eigenvalue weighted by atomic mass is 19.4. The van der Waals surface area contributed by atoms with Crippen LogP contribution >= 0.6 is 0 Å². The lowest BCUT2D eigenvalue weighted by molar-refractivity contribution is -0.590. The van der Waals surface area contributed by atoms with Crippen molar-refractivity contribution < 1.29 is 22.4 Å². The Labute approximate surface area is 193 Å². The Hall–Kier alpha value is -3.89. The molecule has 0 spiro atoms. The SMILES string of the molecule is CNc1ccc(Cn2nc(-c3nc(-c4ccc(C(C)(C)C(F)(F)F)cc4)no3)cc2C)c[n+]1[O-]. The monoisotopic (exact) mass is 472 g/mol. The molecule has 0 aliphatic rings. The van der Waals surface area contributed by atoms with Crippen LogP contribution in [0.25, 0.3) is 23.0 Å². The van der Waals surface area contributed by atoms with Crippen LogP contribution in [0.4, 0.5) is 19.0 Å². The Morgan fingerprint density at radius 1 is 1.12 bits per heavy atom. The van der Waals surface area contributed by atoms with E-state index in [1.54, 1.807) is 23.9 Å². The van der Waals surface area contributed by atoms with Gasteiger partial charge in [-0.3, -0.25) is 10.00 Å². The molecule has 0 aliphatic carbocycles. The van der Waals surface area contributed by atoms with Gasteiger partial charge >= 0.3 is 6.18 Å². The summed E-state index contributed by atoms with van der Waals surface area (Å²) in [6.07, 6.45) is -2.89. The van der Waals surface area contributed by atoms with Gasteiger partial charge in [-0.1, -0.05) is 29.4 Å². The Bertz CT molecular complexity index is 1310. The van der Waals surface area contributed by atoms with Gasteiger partial charge in [0.25, 0.3) is 11.7 Å². The number of halogens is 3. The van der Waals surface area contributed by atoms with Crippen LogP contribution < -0.4 is 10.0 Å². The maximum atomic E-state index is 13.3. The van der Waals surface area contributed by atoms with E-state index in [4.69, 9.17) is 4.52 Å². The molecule has 178 valence electrons. The van der Waals surface area contributed by atoms with Gasteiger partial charge in [-0.2, -0.15) is 23.3 Å². The van der Waals surface area contributed by atoms with Crippen molar-refractivity contribution in [2.75, 3.05) is 12.4 Å². The molecule has 0 radical (unpaired) electrons. The van der Waals surface area contributed by atoms with E-state index in [0.29, 0.717) is 23.6 Å². The number of hydrogen-bond donors (Lipinski definition) is 1. The van der Waals surface area contributed by atoms with Crippen LogP contribution in [0.15, 0.2) is 53.2 Å². The number of nitrogens with one attached hydrogen (secondary N) is 1. The standard InChI is InChI=1S/C23H23F3N6O2/c1-14-11-18(29-31(14)12-15-5-10-19(27-4)32(33)13-15)21-28-20(30-34-21)16-6-8-17(9-7-16)22(2,3)23(24,25)26/h5-11,13,27H,12H2,1-4H3. The van der Waals surface area contributed by atoms with E-state index in [0.717, 1.165) is 29.8 Å². The van der Waals surface area contributed by atoms with Gasteiger partial charge in [-0.15, -0.1) is 0 Å². The van der Waals surface area contributed by atoms with E-state index in [9.17, 15) is 18.4 Å². The van der Waals surface area contributed by atoms with Crippen LogP contribution in [-0.4, -0.2) is 33.1 Å². The van der Waals surface area contributed by atoms with E-state index in [2.05, 4.69) is 20.6 Å². The first-order valence-corrected chi connectivity index (χ1v) is 10.5. The van der Waals surface area contributed by atoms with Crippen LogP contribution in [0.1, 0.15) is 30.7 Å². The van der Waals surface area contributed by atoms with Crippen molar-refractivity contribution in [2.45, 2.75) is 38.9 Å². The normalized spacial score (nSPS) is 12.2. The number of hydrogen-bond acceptors (Lipinski definition) is 6. The molecule has 3 aromatic heterocycles. The summed E-state index contributed by atoms with van der Waals surface area (Å²) in [6, 6.07) is 11.2. The average molecular weight is 472 g/mol. The molecule has 4 aromatic rings. The maximum absolute atomic E-state index is 13.3. The molecule has 0 saturated heterocycles. The largest absolute Gasteiger partial charge is 0.711 e. The van der Waals surface area contributed by atoms with Gasteiger partial charge in [-0.05, 0) is 38.5 Å². The lowest BCUT2D eigenvalue weighted by Crippen LogP contribution is -2.36. The van der Waals surface area contributed by atoms with Crippen LogP contribution in [0.3, 0.4) is 0 Å². The van der Waals surface area contributed by atoms with Gasteiger partial charge in [0.2, 0.25) is 5.82 Å². The van der Waals surface area contributed by atoms with E-state index >= 15 is 0 Å². The number of aryl methyl sites for hydroxylation is 1. The van der Waals surface area contributed by atoms with Gasteiger partial charge in [0.15, 0.2) is 5.69 Å². The number of pyridine rings is 1.